The van der Waals surface area contributed by atoms with Crippen LogP contribution in [0.2, 0.25) is 0 Å². The van der Waals surface area contributed by atoms with Gasteiger partial charge >= 0.3 is 0 Å². The quantitative estimate of drug-likeness (QED) is 0.535. The molecule has 3 aromatic heterocycles. The number of pyridine rings is 1. The first-order chi connectivity index (χ1) is 13.9. The maximum atomic E-state index is 14.2. The van der Waals surface area contributed by atoms with E-state index in [4.69, 9.17) is 0 Å². The van der Waals surface area contributed by atoms with Crippen LogP contribution in [-0.4, -0.2) is 25.7 Å². The number of nitrogens with zero attached hydrogens (tertiary/aromatic N) is 4. The van der Waals surface area contributed by atoms with E-state index in [0.29, 0.717) is 27.8 Å². The average molecular weight is 411 g/mol. The second kappa shape index (κ2) is 7.51. The first-order valence-electron chi connectivity index (χ1n) is 8.63. The van der Waals surface area contributed by atoms with Crippen molar-refractivity contribution in [3.63, 3.8) is 0 Å². The Labute approximate surface area is 168 Å². The fraction of sp³-hybridized carbons (Fsp3) is 0.100. The Bertz CT molecular complexity index is 1200. The highest BCUT2D eigenvalue weighted by Gasteiger charge is 2.22. The molecule has 29 heavy (non-hydrogen) atoms. The fourth-order valence-corrected chi connectivity index (χ4v) is 3.71. The summed E-state index contributed by atoms with van der Waals surface area (Å²) in [5.74, 6) is -1.84. The molecule has 0 saturated carbocycles. The number of hydrogen-bond donors (Lipinski definition) is 1. The van der Waals surface area contributed by atoms with Gasteiger partial charge in [0.15, 0.2) is 10.9 Å². The van der Waals surface area contributed by atoms with Crippen molar-refractivity contribution in [3.05, 3.63) is 76.7 Å². The third-order valence-electron chi connectivity index (χ3n) is 4.34. The predicted molar refractivity (Wildman–Crippen MR) is 106 cm³/mol. The minimum atomic E-state index is -0.761. The van der Waals surface area contributed by atoms with Crippen LogP contribution >= 0.6 is 11.3 Å². The van der Waals surface area contributed by atoms with Gasteiger partial charge in [0.25, 0.3) is 5.91 Å². The molecule has 0 atom stereocenters. The van der Waals surface area contributed by atoms with Crippen LogP contribution in [0.4, 0.5) is 13.9 Å². The lowest BCUT2D eigenvalue weighted by atomic mass is 10.2. The molecular weight excluding hydrogens is 396 g/mol. The molecule has 0 saturated heterocycles. The summed E-state index contributed by atoms with van der Waals surface area (Å²) in [4.78, 5) is 21.3. The van der Waals surface area contributed by atoms with E-state index in [1.165, 1.54) is 22.1 Å². The molecule has 0 aliphatic carbocycles. The maximum Gasteiger partial charge on any atom is 0.261 e. The highest BCUT2D eigenvalue weighted by molar-refractivity contribution is 7.14. The lowest BCUT2D eigenvalue weighted by molar-refractivity contribution is 0.102. The standard InChI is InChI=1S/C20H15F2N5OS/c1-11-18(12(2)27(26-11)17-6-5-14(21)8-15(17)22)19(28)25-20-24-16(10-29-20)13-4-3-7-23-9-13/h3-10H,1-2H3,(H,24,25,28). The van der Waals surface area contributed by atoms with Gasteiger partial charge in [-0.25, -0.2) is 18.4 Å². The second-order valence-electron chi connectivity index (χ2n) is 6.29. The third kappa shape index (κ3) is 3.64. The molecule has 9 heteroatoms. The Hall–Kier alpha value is -3.46. The number of benzene rings is 1. The summed E-state index contributed by atoms with van der Waals surface area (Å²) < 4.78 is 28.6. The van der Waals surface area contributed by atoms with Crippen LogP contribution in [0.1, 0.15) is 21.7 Å². The first kappa shape index (κ1) is 18.9. The van der Waals surface area contributed by atoms with Gasteiger partial charge in [-0.1, -0.05) is 0 Å². The fourth-order valence-electron chi connectivity index (χ4n) is 3.00. The van der Waals surface area contributed by atoms with E-state index in [0.717, 1.165) is 17.7 Å². The van der Waals surface area contributed by atoms with E-state index in [1.54, 1.807) is 26.2 Å². The summed E-state index contributed by atoms with van der Waals surface area (Å²) in [7, 11) is 0. The van der Waals surface area contributed by atoms with Crippen molar-refractivity contribution in [2.45, 2.75) is 13.8 Å². The molecule has 4 rings (SSSR count). The topological polar surface area (TPSA) is 72.7 Å². The highest BCUT2D eigenvalue weighted by atomic mass is 32.1. The Kier molecular flexibility index (Phi) is 4.89. The summed E-state index contributed by atoms with van der Waals surface area (Å²) in [5.41, 5.74) is 2.79. The lowest BCUT2D eigenvalue weighted by Crippen LogP contribution is -2.14. The number of aryl methyl sites for hydroxylation is 1. The van der Waals surface area contributed by atoms with Crippen molar-refractivity contribution in [2.75, 3.05) is 5.32 Å². The van der Waals surface area contributed by atoms with Crippen molar-refractivity contribution in [2.24, 2.45) is 0 Å². The van der Waals surface area contributed by atoms with E-state index in [2.05, 4.69) is 20.4 Å². The number of nitrogens with one attached hydrogen (secondary N) is 1. The van der Waals surface area contributed by atoms with Gasteiger partial charge in [0, 0.05) is 29.4 Å². The van der Waals surface area contributed by atoms with Crippen molar-refractivity contribution in [1.29, 1.82) is 0 Å². The van der Waals surface area contributed by atoms with Gasteiger partial charge in [-0.15, -0.1) is 11.3 Å². The molecule has 146 valence electrons. The number of anilines is 1. The maximum absolute atomic E-state index is 14.2. The normalized spacial score (nSPS) is 10.9. The summed E-state index contributed by atoms with van der Waals surface area (Å²) in [5, 5.41) is 9.26. The van der Waals surface area contributed by atoms with Gasteiger partial charge in [-0.3, -0.25) is 15.1 Å². The van der Waals surface area contributed by atoms with Gasteiger partial charge in [0.2, 0.25) is 0 Å². The molecule has 0 aliphatic rings. The highest BCUT2D eigenvalue weighted by Crippen LogP contribution is 2.26. The Morgan fingerprint density at radius 3 is 2.76 bits per heavy atom. The molecule has 1 amide bonds. The number of carbonyl (C=O) groups is 1. The zero-order valence-electron chi connectivity index (χ0n) is 15.5. The van der Waals surface area contributed by atoms with Crippen LogP contribution in [0, 0.1) is 25.5 Å². The van der Waals surface area contributed by atoms with Gasteiger partial charge in [0.05, 0.1) is 22.6 Å². The molecule has 1 aromatic carbocycles. The number of thiazole rings is 1. The van der Waals surface area contributed by atoms with Crippen LogP contribution < -0.4 is 5.32 Å². The molecule has 3 heterocycles. The summed E-state index contributed by atoms with van der Waals surface area (Å²) in [6.45, 7) is 3.31. The van der Waals surface area contributed by atoms with E-state index in [-0.39, 0.29) is 5.69 Å². The zero-order valence-corrected chi connectivity index (χ0v) is 16.3. The Balaban J connectivity index is 1.62. The summed E-state index contributed by atoms with van der Waals surface area (Å²) in [6.07, 6.45) is 3.36. The first-order valence-corrected chi connectivity index (χ1v) is 9.51. The van der Waals surface area contributed by atoms with E-state index >= 15 is 0 Å². The van der Waals surface area contributed by atoms with E-state index in [9.17, 15) is 13.6 Å². The number of halogens is 2. The smallest absolute Gasteiger partial charge is 0.261 e. The van der Waals surface area contributed by atoms with Crippen LogP contribution in [0.25, 0.3) is 16.9 Å². The van der Waals surface area contributed by atoms with Crippen molar-refractivity contribution in [3.8, 4) is 16.9 Å². The van der Waals surface area contributed by atoms with Crippen LogP contribution in [-0.2, 0) is 0 Å². The molecule has 0 bridgehead atoms. The Morgan fingerprint density at radius 2 is 2.03 bits per heavy atom. The number of aromatic nitrogens is 4. The molecule has 4 aromatic rings. The predicted octanol–water partition coefficient (Wildman–Crippen LogP) is 4.54. The molecular formula is C20H15F2N5OS. The third-order valence-corrected chi connectivity index (χ3v) is 5.10. The Morgan fingerprint density at radius 1 is 1.21 bits per heavy atom. The number of amides is 1. The molecule has 0 spiro atoms. The monoisotopic (exact) mass is 411 g/mol. The van der Waals surface area contributed by atoms with Gasteiger partial charge in [-0.2, -0.15) is 5.10 Å². The van der Waals surface area contributed by atoms with Crippen LogP contribution in [0.3, 0.4) is 0 Å². The van der Waals surface area contributed by atoms with Crippen molar-refractivity contribution < 1.29 is 13.6 Å². The molecule has 6 nitrogen and oxygen atoms in total. The number of hydrogen-bond acceptors (Lipinski definition) is 5. The molecule has 0 unspecified atom stereocenters. The molecule has 0 fully saturated rings. The second-order valence-corrected chi connectivity index (χ2v) is 7.15. The van der Waals surface area contributed by atoms with Gasteiger partial charge in [0.1, 0.15) is 11.5 Å². The zero-order chi connectivity index (χ0) is 20.5. The molecule has 1 N–H and O–H groups in total. The van der Waals surface area contributed by atoms with Crippen molar-refractivity contribution >= 4 is 22.4 Å². The lowest BCUT2D eigenvalue weighted by Gasteiger charge is -2.07. The molecule has 0 aliphatic heterocycles. The van der Waals surface area contributed by atoms with Crippen LogP contribution in [0.5, 0.6) is 0 Å². The minimum Gasteiger partial charge on any atom is -0.298 e. The largest absolute Gasteiger partial charge is 0.298 e. The summed E-state index contributed by atoms with van der Waals surface area (Å²) >= 11 is 1.29. The number of carbonyl (C=O) groups excluding carboxylic acids is 1. The van der Waals surface area contributed by atoms with Gasteiger partial charge < -0.3 is 0 Å². The van der Waals surface area contributed by atoms with Gasteiger partial charge in [-0.05, 0) is 38.1 Å². The average Bonchev–Trinajstić information content (AvgIpc) is 3.27. The van der Waals surface area contributed by atoms with Crippen LogP contribution in [0.15, 0.2) is 48.1 Å². The number of rotatable bonds is 4. The van der Waals surface area contributed by atoms with E-state index in [1.807, 2.05) is 17.5 Å². The van der Waals surface area contributed by atoms with Crippen molar-refractivity contribution in [1.82, 2.24) is 19.7 Å². The minimum absolute atomic E-state index is 0.0687. The SMILES string of the molecule is Cc1nn(-c2ccc(F)cc2F)c(C)c1C(=O)Nc1nc(-c2cccnc2)cs1. The van der Waals surface area contributed by atoms with E-state index < -0.39 is 17.5 Å². The molecule has 0 radical (unpaired) electrons. The summed E-state index contributed by atoms with van der Waals surface area (Å²) in [6, 6.07) is 6.89.